The maximum absolute atomic E-state index is 13.5. The molecule has 0 unspecified atom stereocenters. The van der Waals surface area contributed by atoms with Gasteiger partial charge in [0.25, 0.3) is 0 Å². The molecule has 2 aromatic carbocycles. The predicted molar refractivity (Wildman–Crippen MR) is 120 cm³/mol. The van der Waals surface area contributed by atoms with Crippen LogP contribution in [0.25, 0.3) is 10.1 Å². The molecular formula is C24H25ClO3S. The second-order valence-electron chi connectivity index (χ2n) is 7.43. The average Bonchev–Trinajstić information content (AvgIpc) is 3.41. The maximum Gasteiger partial charge on any atom is 0.194 e. The van der Waals surface area contributed by atoms with Crippen molar-refractivity contribution in [3.63, 3.8) is 0 Å². The first-order chi connectivity index (χ1) is 14.2. The van der Waals surface area contributed by atoms with Gasteiger partial charge in [-0.15, -0.1) is 22.9 Å². The topological polar surface area (TPSA) is 35.5 Å². The second-order valence-corrected chi connectivity index (χ2v) is 8.89. The first-order valence-electron chi connectivity index (χ1n) is 10.1. The lowest BCUT2D eigenvalue weighted by atomic mass is 9.94. The Labute approximate surface area is 180 Å². The van der Waals surface area contributed by atoms with Gasteiger partial charge in [0.1, 0.15) is 11.5 Å². The lowest BCUT2D eigenvalue weighted by molar-refractivity contribution is 0.103. The molecule has 0 bridgehead atoms. The van der Waals surface area contributed by atoms with Gasteiger partial charge >= 0.3 is 0 Å². The summed E-state index contributed by atoms with van der Waals surface area (Å²) < 4.78 is 12.2. The molecule has 0 spiro atoms. The van der Waals surface area contributed by atoms with Crippen LogP contribution in [0.1, 0.15) is 58.8 Å². The summed E-state index contributed by atoms with van der Waals surface area (Å²) in [5.41, 5.74) is 1.57. The molecule has 29 heavy (non-hydrogen) atoms. The number of hydrogen-bond acceptors (Lipinski definition) is 4. The third-order valence-electron chi connectivity index (χ3n) is 5.54. The van der Waals surface area contributed by atoms with E-state index in [4.69, 9.17) is 21.1 Å². The van der Waals surface area contributed by atoms with Crippen LogP contribution < -0.4 is 9.47 Å². The molecule has 1 aliphatic rings. The van der Waals surface area contributed by atoms with Crippen LogP contribution in [-0.2, 0) is 0 Å². The summed E-state index contributed by atoms with van der Waals surface area (Å²) in [5.74, 6) is 2.75. The van der Waals surface area contributed by atoms with Crippen LogP contribution in [0.3, 0.4) is 0 Å². The number of halogens is 1. The van der Waals surface area contributed by atoms with E-state index in [-0.39, 0.29) is 5.78 Å². The quantitative estimate of drug-likeness (QED) is 0.224. The molecule has 1 fully saturated rings. The fourth-order valence-corrected chi connectivity index (χ4v) is 5.53. The van der Waals surface area contributed by atoms with Gasteiger partial charge in [0, 0.05) is 32.0 Å². The van der Waals surface area contributed by atoms with Crippen molar-refractivity contribution in [2.75, 3.05) is 19.6 Å². The van der Waals surface area contributed by atoms with E-state index in [1.165, 1.54) is 17.7 Å². The van der Waals surface area contributed by atoms with E-state index in [9.17, 15) is 4.79 Å². The molecule has 0 atom stereocenters. The second kappa shape index (κ2) is 9.19. The van der Waals surface area contributed by atoms with Crippen molar-refractivity contribution < 1.29 is 14.3 Å². The van der Waals surface area contributed by atoms with Crippen molar-refractivity contribution in [1.82, 2.24) is 0 Å². The molecule has 0 N–H and O–H groups in total. The highest BCUT2D eigenvalue weighted by Gasteiger charge is 2.27. The molecule has 0 aliphatic heterocycles. The lowest BCUT2D eigenvalue weighted by Gasteiger charge is -2.11. The number of fused-ring (bicyclic) bond motifs is 1. The molecule has 0 amide bonds. The zero-order valence-electron chi connectivity index (χ0n) is 16.6. The van der Waals surface area contributed by atoms with Gasteiger partial charge in [-0.3, -0.25) is 4.79 Å². The van der Waals surface area contributed by atoms with Crippen LogP contribution in [0.15, 0.2) is 42.5 Å². The van der Waals surface area contributed by atoms with E-state index < -0.39 is 0 Å². The smallest absolute Gasteiger partial charge is 0.194 e. The minimum Gasteiger partial charge on any atom is -0.497 e. The summed E-state index contributed by atoms with van der Waals surface area (Å²) >= 11 is 7.45. The van der Waals surface area contributed by atoms with E-state index in [1.807, 2.05) is 42.5 Å². The molecule has 5 heteroatoms. The zero-order valence-corrected chi connectivity index (χ0v) is 18.2. The van der Waals surface area contributed by atoms with Crippen LogP contribution in [-0.4, -0.2) is 25.4 Å². The minimum atomic E-state index is 0.0932. The van der Waals surface area contributed by atoms with E-state index >= 15 is 0 Å². The number of ketones is 1. The summed E-state index contributed by atoms with van der Waals surface area (Å²) in [7, 11) is 1.68. The minimum absolute atomic E-state index is 0.0932. The number of hydrogen-bond donors (Lipinski definition) is 0. The number of alkyl halides is 1. The van der Waals surface area contributed by atoms with Gasteiger partial charge in [-0.05, 0) is 67.6 Å². The third-order valence-corrected chi connectivity index (χ3v) is 7.12. The van der Waals surface area contributed by atoms with Gasteiger partial charge in [-0.2, -0.15) is 0 Å². The first kappa shape index (κ1) is 20.2. The van der Waals surface area contributed by atoms with Crippen LogP contribution in [0.2, 0.25) is 0 Å². The predicted octanol–water partition coefficient (Wildman–Crippen LogP) is 6.81. The van der Waals surface area contributed by atoms with E-state index in [0.29, 0.717) is 24.0 Å². The largest absolute Gasteiger partial charge is 0.497 e. The van der Waals surface area contributed by atoms with Crippen LogP contribution in [0, 0.1) is 0 Å². The van der Waals surface area contributed by atoms with Crippen molar-refractivity contribution in [3.8, 4) is 11.5 Å². The Morgan fingerprint density at radius 3 is 2.52 bits per heavy atom. The van der Waals surface area contributed by atoms with E-state index in [2.05, 4.69) is 0 Å². The van der Waals surface area contributed by atoms with Crippen LogP contribution in [0.4, 0.5) is 0 Å². The molecular weight excluding hydrogens is 404 g/mol. The van der Waals surface area contributed by atoms with E-state index in [0.717, 1.165) is 46.4 Å². The van der Waals surface area contributed by atoms with Gasteiger partial charge in [-0.1, -0.05) is 12.8 Å². The number of ether oxygens (including phenoxy) is 2. The third kappa shape index (κ3) is 4.29. The Kier molecular flexibility index (Phi) is 6.41. The molecule has 3 aromatic rings. The van der Waals surface area contributed by atoms with Crippen LogP contribution in [0.5, 0.6) is 11.5 Å². The van der Waals surface area contributed by atoms with E-state index in [1.54, 1.807) is 18.4 Å². The van der Waals surface area contributed by atoms with Crippen molar-refractivity contribution in [2.24, 2.45) is 0 Å². The Morgan fingerprint density at radius 2 is 1.83 bits per heavy atom. The van der Waals surface area contributed by atoms with Gasteiger partial charge in [-0.25, -0.2) is 0 Å². The summed E-state index contributed by atoms with van der Waals surface area (Å²) in [5, 5.41) is 1.03. The zero-order chi connectivity index (χ0) is 20.2. The number of carbonyl (C=O) groups excluding carboxylic acids is 1. The molecule has 1 saturated carbocycles. The van der Waals surface area contributed by atoms with Crippen LogP contribution >= 0.6 is 22.9 Å². The summed E-state index contributed by atoms with van der Waals surface area (Å²) in [4.78, 5) is 14.8. The number of thiophene rings is 1. The molecule has 0 saturated heterocycles. The van der Waals surface area contributed by atoms with Gasteiger partial charge in [0.15, 0.2) is 5.78 Å². The fourth-order valence-electron chi connectivity index (χ4n) is 4.02. The Bertz CT molecular complexity index is 987. The summed E-state index contributed by atoms with van der Waals surface area (Å²) in [6.45, 7) is 0.583. The number of rotatable bonds is 8. The number of methoxy groups -OCH3 is 1. The molecule has 4 rings (SSSR count). The number of benzene rings is 2. The van der Waals surface area contributed by atoms with Crippen molar-refractivity contribution in [2.45, 2.75) is 38.0 Å². The lowest BCUT2D eigenvalue weighted by Crippen LogP contribution is -2.06. The summed E-state index contributed by atoms with van der Waals surface area (Å²) in [6, 6.07) is 13.5. The SMILES string of the molecule is COc1ccc2c(C(=O)c3ccc(OCCCCl)cc3)c(C3CCCC3)sc2c1. The Balaban J connectivity index is 1.69. The summed E-state index contributed by atoms with van der Waals surface area (Å²) in [6.07, 6.45) is 5.61. The van der Waals surface area contributed by atoms with Crippen molar-refractivity contribution in [1.29, 1.82) is 0 Å². The van der Waals surface area contributed by atoms with Crippen molar-refractivity contribution >= 4 is 38.8 Å². The molecule has 0 radical (unpaired) electrons. The normalized spacial score (nSPS) is 14.4. The van der Waals surface area contributed by atoms with Gasteiger partial charge < -0.3 is 9.47 Å². The molecule has 3 nitrogen and oxygen atoms in total. The van der Waals surface area contributed by atoms with Crippen molar-refractivity contribution in [3.05, 3.63) is 58.5 Å². The van der Waals surface area contributed by atoms with Gasteiger partial charge in [0.2, 0.25) is 0 Å². The first-order valence-corrected chi connectivity index (χ1v) is 11.5. The maximum atomic E-state index is 13.5. The Hall–Kier alpha value is -2.04. The Morgan fingerprint density at radius 1 is 1.10 bits per heavy atom. The standard InChI is InChI=1S/C24H25ClO3S/c1-27-19-11-12-20-21(15-19)29-24(17-5-2-3-6-17)22(20)23(26)16-7-9-18(10-8-16)28-14-4-13-25/h7-12,15,17H,2-6,13-14H2,1H3. The highest BCUT2D eigenvalue weighted by Crippen LogP contribution is 2.44. The number of carbonyl (C=O) groups is 1. The molecule has 1 heterocycles. The molecule has 152 valence electrons. The average molecular weight is 429 g/mol. The molecule has 1 aromatic heterocycles. The highest BCUT2D eigenvalue weighted by atomic mass is 35.5. The fraction of sp³-hybridized carbons (Fsp3) is 0.375. The highest BCUT2D eigenvalue weighted by molar-refractivity contribution is 7.19. The molecule has 1 aliphatic carbocycles. The van der Waals surface area contributed by atoms with Gasteiger partial charge in [0.05, 0.1) is 13.7 Å². The monoisotopic (exact) mass is 428 g/mol.